The van der Waals surface area contributed by atoms with Crippen molar-refractivity contribution in [3.8, 4) is 28.7 Å². The molecule has 7 heteroatoms. The van der Waals surface area contributed by atoms with Crippen molar-refractivity contribution in [1.82, 2.24) is 9.88 Å². The number of ether oxygens (including phenoxy) is 1. The van der Waals surface area contributed by atoms with Crippen molar-refractivity contribution in [2.75, 3.05) is 26.3 Å². The van der Waals surface area contributed by atoms with E-state index in [1.807, 2.05) is 54.6 Å². The second kappa shape index (κ2) is 11.7. The quantitative estimate of drug-likeness (QED) is 0.228. The van der Waals surface area contributed by atoms with Crippen LogP contribution in [0.2, 0.25) is 5.02 Å². The Kier molecular flexibility index (Phi) is 8.16. The highest BCUT2D eigenvalue weighted by molar-refractivity contribution is 6.30. The van der Waals surface area contributed by atoms with Gasteiger partial charge < -0.3 is 15.1 Å². The number of aliphatic hydroxyl groups excluding tert-OH is 1. The van der Waals surface area contributed by atoms with Crippen molar-refractivity contribution in [3.63, 3.8) is 0 Å². The van der Waals surface area contributed by atoms with Gasteiger partial charge in [-0.3, -0.25) is 4.90 Å². The van der Waals surface area contributed by atoms with E-state index in [0.717, 1.165) is 42.6 Å². The zero-order valence-corrected chi connectivity index (χ0v) is 19.4. The van der Waals surface area contributed by atoms with Gasteiger partial charge in [0.1, 0.15) is 18.1 Å². The number of aliphatic hydroxyl groups is 1. The van der Waals surface area contributed by atoms with Gasteiger partial charge in [0.05, 0.1) is 12.8 Å². The van der Waals surface area contributed by atoms with Crippen molar-refractivity contribution in [1.29, 1.82) is 0 Å². The van der Waals surface area contributed by atoms with Crippen molar-refractivity contribution in [2.45, 2.75) is 18.9 Å². The molecule has 3 aromatic rings. The van der Waals surface area contributed by atoms with Gasteiger partial charge in [0.15, 0.2) is 0 Å². The van der Waals surface area contributed by atoms with Crippen molar-refractivity contribution >= 4 is 17.8 Å². The zero-order valence-electron chi connectivity index (χ0n) is 18.7. The third-order valence-corrected chi connectivity index (χ3v) is 6.08. The number of nitrogens with zero attached hydrogens (tertiary/aromatic N) is 3. The Balaban J connectivity index is 1.42. The van der Waals surface area contributed by atoms with Gasteiger partial charge in [0, 0.05) is 40.5 Å². The van der Waals surface area contributed by atoms with Crippen LogP contribution in [0.15, 0.2) is 65.9 Å². The maximum atomic E-state index is 9.46. The fraction of sp³-hybridized carbons (Fsp3) is 0.259. The topological polar surface area (TPSA) is 78.2 Å². The van der Waals surface area contributed by atoms with Crippen LogP contribution in [0.3, 0.4) is 0 Å². The molecule has 1 saturated heterocycles. The lowest BCUT2D eigenvalue weighted by molar-refractivity contribution is 0.139. The molecule has 0 unspecified atom stereocenters. The fourth-order valence-corrected chi connectivity index (χ4v) is 4.13. The van der Waals surface area contributed by atoms with E-state index in [0.29, 0.717) is 28.6 Å². The lowest BCUT2D eigenvalue weighted by Crippen LogP contribution is -2.35. The first-order valence-corrected chi connectivity index (χ1v) is 11.6. The summed E-state index contributed by atoms with van der Waals surface area (Å²) in [5.41, 5.74) is 4.08. The van der Waals surface area contributed by atoms with E-state index in [9.17, 15) is 5.11 Å². The Morgan fingerprint density at radius 1 is 1.12 bits per heavy atom. The second-order valence-corrected chi connectivity index (χ2v) is 8.49. The summed E-state index contributed by atoms with van der Waals surface area (Å²) in [4.78, 5) is 6.68. The van der Waals surface area contributed by atoms with Gasteiger partial charge in [-0.25, -0.2) is 4.98 Å². The Hall–Kier alpha value is -3.37. The second-order valence-electron chi connectivity index (χ2n) is 8.05. The highest BCUT2D eigenvalue weighted by Crippen LogP contribution is 2.22. The molecule has 1 aliphatic rings. The maximum absolute atomic E-state index is 9.46. The van der Waals surface area contributed by atoms with Crippen molar-refractivity contribution < 1.29 is 15.1 Å². The largest absolute Gasteiger partial charge is 0.492 e. The van der Waals surface area contributed by atoms with Crippen LogP contribution in [0.25, 0.3) is 11.1 Å². The number of hydrogen-bond acceptors (Lipinski definition) is 6. The Bertz CT molecular complexity index is 1180. The summed E-state index contributed by atoms with van der Waals surface area (Å²) in [6, 6.07) is 17.2. The normalized spacial score (nSPS) is 15.9. The zero-order chi connectivity index (χ0) is 23.8. The van der Waals surface area contributed by atoms with E-state index in [2.05, 4.69) is 26.9 Å². The van der Waals surface area contributed by atoms with Crippen LogP contribution in [-0.4, -0.2) is 58.8 Å². The van der Waals surface area contributed by atoms with Gasteiger partial charge in [0.25, 0.3) is 0 Å². The molecule has 1 atom stereocenters. The molecule has 4 rings (SSSR count). The number of benzene rings is 2. The Morgan fingerprint density at radius 2 is 1.94 bits per heavy atom. The predicted octanol–water partition coefficient (Wildman–Crippen LogP) is 4.45. The fourth-order valence-electron chi connectivity index (χ4n) is 4.01. The molecular formula is C27H26ClN3O3. The summed E-state index contributed by atoms with van der Waals surface area (Å²) in [7, 11) is 0. The lowest BCUT2D eigenvalue weighted by atomic mass is 10.1. The van der Waals surface area contributed by atoms with E-state index in [1.54, 1.807) is 6.20 Å². The van der Waals surface area contributed by atoms with E-state index in [1.165, 1.54) is 6.21 Å². The van der Waals surface area contributed by atoms with Crippen LogP contribution in [0.5, 0.6) is 5.75 Å². The molecule has 2 aromatic carbocycles. The molecule has 0 aliphatic carbocycles. The number of hydrogen-bond donors (Lipinski definition) is 2. The third kappa shape index (κ3) is 6.15. The Morgan fingerprint density at radius 3 is 2.68 bits per heavy atom. The van der Waals surface area contributed by atoms with Gasteiger partial charge in [-0.2, -0.15) is 0 Å². The maximum Gasteiger partial charge on any atom is 0.128 e. The Labute approximate surface area is 204 Å². The van der Waals surface area contributed by atoms with E-state index >= 15 is 0 Å². The van der Waals surface area contributed by atoms with Crippen LogP contribution in [-0.2, 0) is 0 Å². The summed E-state index contributed by atoms with van der Waals surface area (Å²) < 4.78 is 5.93. The molecule has 0 amide bonds. The minimum absolute atomic E-state index is 0.175. The molecule has 174 valence electrons. The summed E-state index contributed by atoms with van der Waals surface area (Å²) in [6.07, 6.45) is 5.24. The first-order chi connectivity index (χ1) is 16.7. The van der Waals surface area contributed by atoms with Crippen molar-refractivity contribution in [3.05, 3.63) is 82.6 Å². The first kappa shape index (κ1) is 23.8. The molecule has 1 aliphatic heterocycles. The van der Waals surface area contributed by atoms with Crippen LogP contribution < -0.4 is 4.74 Å². The van der Waals surface area contributed by atoms with Gasteiger partial charge in [-0.05, 0) is 67.3 Å². The summed E-state index contributed by atoms with van der Waals surface area (Å²) in [6.45, 7) is 2.37. The van der Waals surface area contributed by atoms with Crippen LogP contribution in [0.1, 0.15) is 29.7 Å². The standard InChI is InChI=1S/C27H26ClN3O3/c28-24-8-5-21(6-9-24)22-7-11-25(29-17-22)10-3-20-4-12-27(23(16-20)18-30-33)34-15-14-31-13-1-2-26(31)19-32/h4-9,11-12,16-18,26,32-33H,1-2,13-15,19H2/b30-18+/t26-/m0/s1. The average Bonchev–Trinajstić information content (AvgIpc) is 3.32. The van der Waals surface area contributed by atoms with E-state index in [-0.39, 0.29) is 12.6 Å². The smallest absolute Gasteiger partial charge is 0.128 e. The van der Waals surface area contributed by atoms with Crippen LogP contribution >= 0.6 is 11.6 Å². The van der Waals surface area contributed by atoms with Crippen molar-refractivity contribution in [2.24, 2.45) is 5.16 Å². The van der Waals surface area contributed by atoms with Gasteiger partial charge in [0.2, 0.25) is 0 Å². The SMILES string of the molecule is OC[C@@H]1CCCN1CCOc1ccc(C#Cc2ccc(-c3ccc(Cl)cc3)cn2)cc1/C=N/O. The molecule has 0 spiro atoms. The molecule has 1 aromatic heterocycles. The molecule has 1 fully saturated rings. The number of halogens is 1. The van der Waals surface area contributed by atoms with Crippen LogP contribution in [0.4, 0.5) is 0 Å². The number of rotatable bonds is 7. The number of likely N-dealkylation sites (tertiary alicyclic amines) is 1. The molecule has 2 heterocycles. The highest BCUT2D eigenvalue weighted by atomic mass is 35.5. The predicted molar refractivity (Wildman–Crippen MR) is 134 cm³/mol. The molecule has 6 nitrogen and oxygen atoms in total. The molecule has 34 heavy (non-hydrogen) atoms. The molecule has 0 radical (unpaired) electrons. The monoisotopic (exact) mass is 475 g/mol. The highest BCUT2D eigenvalue weighted by Gasteiger charge is 2.23. The molecule has 2 N–H and O–H groups in total. The lowest BCUT2D eigenvalue weighted by Gasteiger charge is -2.22. The molecule has 0 bridgehead atoms. The van der Waals surface area contributed by atoms with Crippen LogP contribution in [0, 0.1) is 11.8 Å². The van der Waals surface area contributed by atoms with Gasteiger partial charge >= 0.3 is 0 Å². The first-order valence-electron chi connectivity index (χ1n) is 11.2. The summed E-state index contributed by atoms with van der Waals surface area (Å²) in [5.74, 6) is 6.79. The van der Waals surface area contributed by atoms with Gasteiger partial charge in [-0.15, -0.1) is 0 Å². The average molecular weight is 476 g/mol. The van der Waals surface area contributed by atoms with Gasteiger partial charge in [-0.1, -0.05) is 40.9 Å². The molecular weight excluding hydrogens is 450 g/mol. The summed E-state index contributed by atoms with van der Waals surface area (Å²) in [5, 5.41) is 22.4. The number of pyridine rings is 1. The number of aromatic nitrogens is 1. The third-order valence-electron chi connectivity index (χ3n) is 5.83. The number of oxime groups is 1. The summed E-state index contributed by atoms with van der Waals surface area (Å²) >= 11 is 5.95. The molecule has 0 saturated carbocycles. The van der Waals surface area contributed by atoms with E-state index in [4.69, 9.17) is 21.5 Å². The minimum atomic E-state index is 0.175. The minimum Gasteiger partial charge on any atom is -0.492 e. The van der Waals surface area contributed by atoms with E-state index < -0.39 is 0 Å².